The first kappa shape index (κ1) is 28.7. The molecule has 2 aliphatic heterocycles. The second-order valence-corrected chi connectivity index (χ2v) is 13.2. The summed E-state index contributed by atoms with van der Waals surface area (Å²) in [5.74, 6) is 2.23. The fourth-order valence-electron chi connectivity index (χ4n) is 7.85. The van der Waals surface area contributed by atoms with Gasteiger partial charge in [-0.05, 0) is 52.6 Å². The number of fused-ring (bicyclic) bond motifs is 6. The topological polar surface area (TPSA) is 44.2 Å². The lowest BCUT2D eigenvalue weighted by Crippen LogP contribution is -2.41. The van der Waals surface area contributed by atoms with Crippen LogP contribution in [0.1, 0.15) is 28.8 Å². The van der Waals surface area contributed by atoms with Crippen LogP contribution >= 0.6 is 0 Å². The number of hydrogen-bond acceptors (Lipinski definition) is 4. The highest BCUT2D eigenvalue weighted by Gasteiger charge is 2.52. The monoisotopic (exact) mass is 644 g/mol. The summed E-state index contributed by atoms with van der Waals surface area (Å²) in [6.07, 6.45) is 1.84. The number of rotatable bonds is 5. The van der Waals surface area contributed by atoms with Crippen LogP contribution in [0.4, 0.5) is 0 Å². The molecular formula is C46H32N2O2. The van der Waals surface area contributed by atoms with Gasteiger partial charge in [0.15, 0.2) is 0 Å². The Balaban J connectivity index is 1.16. The van der Waals surface area contributed by atoms with Gasteiger partial charge in [-0.3, -0.25) is 0 Å². The van der Waals surface area contributed by atoms with Crippen molar-refractivity contribution in [3.63, 3.8) is 0 Å². The predicted molar refractivity (Wildman–Crippen MR) is 199 cm³/mol. The molecule has 0 saturated heterocycles. The van der Waals surface area contributed by atoms with E-state index in [1.165, 1.54) is 27.8 Å². The molecule has 4 unspecified atom stereocenters. The normalized spacial score (nSPS) is 19.6. The Kier molecular flexibility index (Phi) is 6.73. The summed E-state index contributed by atoms with van der Waals surface area (Å²) >= 11 is 0. The second kappa shape index (κ2) is 11.7. The van der Waals surface area contributed by atoms with Crippen molar-refractivity contribution in [2.75, 3.05) is 0 Å². The van der Waals surface area contributed by atoms with Crippen molar-refractivity contribution in [3.8, 4) is 56.3 Å². The molecule has 0 amide bonds. The van der Waals surface area contributed by atoms with Gasteiger partial charge in [-0.2, -0.15) is 0 Å². The maximum atomic E-state index is 6.96. The highest BCUT2D eigenvalue weighted by Crippen LogP contribution is 2.56. The quantitative estimate of drug-likeness (QED) is 0.187. The van der Waals surface area contributed by atoms with E-state index in [-0.39, 0.29) is 24.0 Å². The number of hydrogen-bond donors (Lipinski definition) is 0. The Hall–Kier alpha value is -6.26. The third kappa shape index (κ3) is 4.83. The van der Waals surface area contributed by atoms with Crippen molar-refractivity contribution in [1.29, 1.82) is 0 Å². The van der Waals surface area contributed by atoms with Crippen molar-refractivity contribution in [2.45, 2.75) is 24.0 Å². The van der Waals surface area contributed by atoms with Crippen LogP contribution in [-0.2, 0) is 0 Å². The van der Waals surface area contributed by atoms with Gasteiger partial charge in [0.2, 0.25) is 0 Å². The minimum absolute atomic E-state index is 0.0102. The van der Waals surface area contributed by atoms with E-state index in [1.807, 2.05) is 12.1 Å². The molecule has 3 heterocycles. The summed E-state index contributed by atoms with van der Waals surface area (Å²) in [5, 5.41) is 0. The summed E-state index contributed by atoms with van der Waals surface area (Å²) in [4.78, 5) is 10.7. The van der Waals surface area contributed by atoms with Crippen LogP contribution in [0.5, 0.6) is 11.5 Å². The Labute approximate surface area is 291 Å². The van der Waals surface area contributed by atoms with Crippen LogP contribution in [0.2, 0.25) is 0 Å². The maximum Gasteiger partial charge on any atom is 0.140 e. The van der Waals surface area contributed by atoms with E-state index >= 15 is 0 Å². The minimum atomic E-state index is -0.310. The summed E-state index contributed by atoms with van der Waals surface area (Å²) in [6.45, 7) is 0. The molecule has 4 heteroatoms. The molecule has 1 aromatic heterocycles. The van der Waals surface area contributed by atoms with Gasteiger partial charge in [-0.25, -0.2) is 9.97 Å². The molecule has 0 spiro atoms. The van der Waals surface area contributed by atoms with Crippen LogP contribution in [0.3, 0.4) is 0 Å². The molecule has 0 bridgehead atoms. The van der Waals surface area contributed by atoms with Crippen molar-refractivity contribution in [2.24, 2.45) is 0 Å². The molecule has 50 heavy (non-hydrogen) atoms. The van der Waals surface area contributed by atoms with E-state index < -0.39 is 0 Å². The Morgan fingerprint density at radius 2 is 0.960 bits per heavy atom. The Morgan fingerprint density at radius 1 is 0.440 bits per heavy atom. The molecule has 10 rings (SSSR count). The molecule has 4 nitrogen and oxygen atoms in total. The molecule has 7 aromatic rings. The molecule has 1 aliphatic carbocycles. The zero-order valence-corrected chi connectivity index (χ0v) is 27.2. The van der Waals surface area contributed by atoms with E-state index in [9.17, 15) is 0 Å². The van der Waals surface area contributed by atoms with Crippen LogP contribution in [0.15, 0.2) is 170 Å². The number of benzene rings is 6. The van der Waals surface area contributed by atoms with E-state index in [2.05, 4.69) is 158 Å². The van der Waals surface area contributed by atoms with Crippen molar-refractivity contribution in [3.05, 3.63) is 187 Å². The summed E-state index contributed by atoms with van der Waals surface area (Å²) in [6, 6.07) is 57.0. The van der Waals surface area contributed by atoms with Gasteiger partial charge in [0.05, 0.1) is 17.3 Å². The summed E-state index contributed by atoms with van der Waals surface area (Å²) < 4.78 is 13.9. The third-order valence-corrected chi connectivity index (χ3v) is 10.3. The average molecular weight is 645 g/mol. The lowest BCUT2D eigenvalue weighted by molar-refractivity contribution is 0.112. The minimum Gasteiger partial charge on any atom is -0.488 e. The van der Waals surface area contributed by atoms with Crippen molar-refractivity contribution in [1.82, 2.24) is 9.97 Å². The third-order valence-electron chi connectivity index (χ3n) is 10.3. The number of nitrogens with zero attached hydrogens (tertiary/aromatic N) is 2. The van der Waals surface area contributed by atoms with Gasteiger partial charge in [-0.15, -0.1) is 0 Å². The van der Waals surface area contributed by atoms with Gasteiger partial charge in [0.1, 0.15) is 29.5 Å². The van der Waals surface area contributed by atoms with Crippen LogP contribution < -0.4 is 9.47 Å². The van der Waals surface area contributed by atoms with E-state index in [0.29, 0.717) is 0 Å². The number of aromatic nitrogens is 2. The summed E-state index contributed by atoms with van der Waals surface area (Å²) in [7, 11) is 0. The predicted octanol–water partition coefficient (Wildman–Crippen LogP) is 10.6. The molecule has 6 aromatic carbocycles. The van der Waals surface area contributed by atoms with E-state index in [1.54, 1.807) is 0 Å². The fourth-order valence-corrected chi connectivity index (χ4v) is 7.85. The lowest BCUT2D eigenvalue weighted by atomic mass is 9.74. The highest BCUT2D eigenvalue weighted by atomic mass is 16.5. The van der Waals surface area contributed by atoms with Crippen LogP contribution in [0, 0.1) is 0 Å². The first-order valence-electron chi connectivity index (χ1n) is 17.2. The van der Waals surface area contributed by atoms with Crippen LogP contribution in [0.25, 0.3) is 50.3 Å². The number of ether oxygens (including phenoxy) is 2. The smallest absolute Gasteiger partial charge is 0.140 e. The molecule has 0 N–H and O–H groups in total. The second-order valence-electron chi connectivity index (χ2n) is 13.2. The van der Waals surface area contributed by atoms with Gasteiger partial charge in [-0.1, -0.05) is 140 Å². The van der Waals surface area contributed by atoms with E-state index in [4.69, 9.17) is 19.4 Å². The fraction of sp³-hybridized carbons (Fsp3) is 0.0870. The van der Waals surface area contributed by atoms with Gasteiger partial charge in [0.25, 0.3) is 0 Å². The molecular weight excluding hydrogens is 613 g/mol. The van der Waals surface area contributed by atoms with Gasteiger partial charge < -0.3 is 9.47 Å². The average Bonchev–Trinajstić information content (AvgIpc) is 3.75. The molecule has 238 valence electrons. The van der Waals surface area contributed by atoms with Gasteiger partial charge in [0, 0.05) is 33.7 Å². The van der Waals surface area contributed by atoms with Crippen LogP contribution in [-0.4, -0.2) is 22.2 Å². The zero-order valence-electron chi connectivity index (χ0n) is 27.2. The molecule has 0 saturated carbocycles. The molecule has 0 radical (unpaired) electrons. The van der Waals surface area contributed by atoms with E-state index in [0.717, 1.165) is 51.0 Å². The lowest BCUT2D eigenvalue weighted by Gasteiger charge is -2.35. The van der Waals surface area contributed by atoms with Crippen molar-refractivity contribution < 1.29 is 9.47 Å². The largest absolute Gasteiger partial charge is 0.488 e. The molecule has 0 fully saturated rings. The Morgan fingerprint density at radius 3 is 1.54 bits per heavy atom. The first-order chi connectivity index (χ1) is 24.8. The molecule has 4 atom stereocenters. The van der Waals surface area contributed by atoms with Gasteiger partial charge >= 0.3 is 0 Å². The zero-order chi connectivity index (χ0) is 33.0. The standard InChI is InChI=1S/C46H32N2O2/c1-5-13-29(14-6-1)33-21-23-41-35(25-33)37-27-38-36-26-34(30-15-7-2-8-16-30)22-24-42(36)50-45(38)43(44(37)49-41)46-47-39(31-17-9-3-10-18-31)28-40(48-46)32-19-11-4-12-20-32/h1-28,37,43-45H. The highest BCUT2D eigenvalue weighted by molar-refractivity contribution is 5.84. The molecule has 3 aliphatic rings. The summed E-state index contributed by atoms with van der Waals surface area (Å²) in [5.41, 5.74) is 12.0. The van der Waals surface area contributed by atoms with Crippen molar-refractivity contribution >= 4 is 5.57 Å². The maximum absolute atomic E-state index is 6.96. The first-order valence-corrected chi connectivity index (χ1v) is 17.2. The SMILES string of the molecule is C1=C2c3cc(-c4ccccc4)ccc3OC2C(c2nc(-c3ccccc3)cc(-c3ccccc3)n2)C2Oc3ccc(-c4ccccc4)cc3C12. The Bertz CT molecular complexity index is 2330.